The number of furan rings is 1. The van der Waals surface area contributed by atoms with Crippen molar-refractivity contribution in [3.8, 4) is 5.75 Å². The Balaban J connectivity index is 1.70. The molecule has 0 saturated heterocycles. The molecule has 122 valence electrons. The third-order valence-corrected chi connectivity index (χ3v) is 2.89. The van der Waals surface area contributed by atoms with Gasteiger partial charge in [-0.3, -0.25) is 4.79 Å². The Morgan fingerprint density at radius 2 is 2.00 bits per heavy atom. The SMILES string of the molecule is C[C@@H](NC(=O)COC(=O)COc1ccccc1F)c1ccco1. The van der Waals surface area contributed by atoms with Crippen molar-refractivity contribution < 1.29 is 27.9 Å². The number of hydrogen-bond donors (Lipinski definition) is 1. The largest absolute Gasteiger partial charge is 0.479 e. The molecule has 0 aliphatic carbocycles. The van der Waals surface area contributed by atoms with Gasteiger partial charge in [-0.25, -0.2) is 9.18 Å². The fourth-order valence-electron chi connectivity index (χ4n) is 1.78. The molecule has 0 aliphatic heterocycles. The van der Waals surface area contributed by atoms with E-state index in [4.69, 9.17) is 13.9 Å². The number of carbonyl (C=O) groups is 2. The van der Waals surface area contributed by atoms with Gasteiger partial charge in [0.2, 0.25) is 0 Å². The van der Waals surface area contributed by atoms with Crippen molar-refractivity contribution >= 4 is 11.9 Å². The van der Waals surface area contributed by atoms with E-state index in [0.29, 0.717) is 5.76 Å². The zero-order valence-corrected chi connectivity index (χ0v) is 12.5. The average molecular weight is 321 g/mol. The van der Waals surface area contributed by atoms with Crippen LogP contribution in [-0.4, -0.2) is 25.1 Å². The van der Waals surface area contributed by atoms with Crippen molar-refractivity contribution in [3.05, 3.63) is 54.2 Å². The Kier molecular flexibility index (Phi) is 5.74. The van der Waals surface area contributed by atoms with Gasteiger partial charge in [0.05, 0.1) is 12.3 Å². The smallest absolute Gasteiger partial charge is 0.344 e. The topological polar surface area (TPSA) is 77.8 Å². The van der Waals surface area contributed by atoms with Crippen LogP contribution >= 0.6 is 0 Å². The Morgan fingerprint density at radius 3 is 2.70 bits per heavy atom. The van der Waals surface area contributed by atoms with E-state index in [1.807, 2.05) is 0 Å². The third-order valence-electron chi connectivity index (χ3n) is 2.89. The summed E-state index contributed by atoms with van der Waals surface area (Å²) in [6.07, 6.45) is 1.50. The number of para-hydroxylation sites is 1. The minimum absolute atomic E-state index is 0.0552. The van der Waals surface area contributed by atoms with Gasteiger partial charge in [-0.15, -0.1) is 0 Å². The van der Waals surface area contributed by atoms with Gasteiger partial charge in [0.1, 0.15) is 5.76 Å². The number of hydrogen-bond acceptors (Lipinski definition) is 5. The van der Waals surface area contributed by atoms with E-state index in [0.717, 1.165) is 0 Å². The predicted molar refractivity (Wildman–Crippen MR) is 78.1 cm³/mol. The lowest BCUT2D eigenvalue weighted by Crippen LogP contribution is -2.31. The van der Waals surface area contributed by atoms with Gasteiger partial charge in [0.25, 0.3) is 5.91 Å². The third kappa shape index (κ3) is 5.14. The molecule has 0 spiro atoms. The van der Waals surface area contributed by atoms with Crippen LogP contribution in [0.3, 0.4) is 0 Å². The second-order valence-corrected chi connectivity index (χ2v) is 4.68. The number of halogens is 1. The van der Waals surface area contributed by atoms with E-state index in [9.17, 15) is 14.0 Å². The van der Waals surface area contributed by atoms with Crippen LogP contribution in [0.4, 0.5) is 4.39 Å². The second-order valence-electron chi connectivity index (χ2n) is 4.68. The summed E-state index contributed by atoms with van der Waals surface area (Å²) in [4.78, 5) is 23.1. The molecule has 0 fully saturated rings. The van der Waals surface area contributed by atoms with E-state index in [1.165, 1.54) is 24.5 Å². The van der Waals surface area contributed by atoms with E-state index in [-0.39, 0.29) is 11.8 Å². The van der Waals surface area contributed by atoms with E-state index in [2.05, 4.69) is 5.32 Å². The highest BCUT2D eigenvalue weighted by Gasteiger charge is 2.14. The van der Waals surface area contributed by atoms with Crippen LogP contribution < -0.4 is 10.1 Å². The van der Waals surface area contributed by atoms with E-state index < -0.39 is 30.9 Å². The molecule has 6 nitrogen and oxygen atoms in total. The monoisotopic (exact) mass is 321 g/mol. The first-order valence-electron chi connectivity index (χ1n) is 6.92. The summed E-state index contributed by atoms with van der Waals surface area (Å²) < 4.78 is 28.2. The molecular formula is C16H16FNO5. The summed E-state index contributed by atoms with van der Waals surface area (Å²) in [5.74, 6) is -1.29. The van der Waals surface area contributed by atoms with Gasteiger partial charge in [-0.1, -0.05) is 12.1 Å². The lowest BCUT2D eigenvalue weighted by molar-refractivity contribution is -0.150. The van der Waals surface area contributed by atoms with Crippen molar-refractivity contribution in [1.29, 1.82) is 0 Å². The van der Waals surface area contributed by atoms with Crippen LogP contribution in [0.2, 0.25) is 0 Å². The molecule has 1 aromatic heterocycles. The van der Waals surface area contributed by atoms with Crippen molar-refractivity contribution in [3.63, 3.8) is 0 Å². The average Bonchev–Trinajstić information content (AvgIpc) is 3.06. The summed E-state index contributed by atoms with van der Waals surface area (Å²) in [6.45, 7) is 0.798. The van der Waals surface area contributed by atoms with Gasteiger partial charge in [-0.05, 0) is 31.2 Å². The molecule has 1 amide bonds. The fourth-order valence-corrected chi connectivity index (χ4v) is 1.78. The van der Waals surface area contributed by atoms with Gasteiger partial charge in [-0.2, -0.15) is 0 Å². The molecule has 2 rings (SSSR count). The number of amides is 1. The minimum atomic E-state index is -0.769. The molecular weight excluding hydrogens is 305 g/mol. The van der Waals surface area contributed by atoms with Crippen LogP contribution in [0.1, 0.15) is 18.7 Å². The Hall–Kier alpha value is -2.83. The molecule has 2 aromatic rings. The maximum absolute atomic E-state index is 13.3. The van der Waals surface area contributed by atoms with Gasteiger partial charge < -0.3 is 19.2 Å². The van der Waals surface area contributed by atoms with Crippen LogP contribution in [0.5, 0.6) is 5.75 Å². The first-order valence-corrected chi connectivity index (χ1v) is 6.92. The number of benzene rings is 1. The lowest BCUT2D eigenvalue weighted by Gasteiger charge is -2.12. The first kappa shape index (κ1) is 16.5. The number of rotatable bonds is 7. The van der Waals surface area contributed by atoms with Crippen LogP contribution in [0.15, 0.2) is 47.1 Å². The fraction of sp³-hybridized carbons (Fsp3) is 0.250. The molecule has 7 heteroatoms. The van der Waals surface area contributed by atoms with E-state index in [1.54, 1.807) is 25.1 Å². The van der Waals surface area contributed by atoms with E-state index >= 15 is 0 Å². The standard InChI is InChI=1S/C16H16FNO5/c1-11(13-7-4-8-21-13)18-15(19)9-23-16(20)10-22-14-6-3-2-5-12(14)17/h2-8,11H,9-10H2,1H3,(H,18,19)/t11-/m1/s1. The first-order chi connectivity index (χ1) is 11.1. The zero-order valence-electron chi connectivity index (χ0n) is 12.5. The number of ether oxygens (including phenoxy) is 2. The summed E-state index contributed by atoms with van der Waals surface area (Å²) in [5.41, 5.74) is 0. The van der Waals surface area contributed by atoms with Crippen LogP contribution in [0.25, 0.3) is 0 Å². The summed E-state index contributed by atoms with van der Waals surface area (Å²) in [5, 5.41) is 2.61. The molecule has 0 saturated carbocycles. The normalized spacial score (nSPS) is 11.6. The highest BCUT2D eigenvalue weighted by Crippen LogP contribution is 2.15. The molecule has 0 unspecified atom stereocenters. The Labute approximate surface area is 132 Å². The van der Waals surface area contributed by atoms with Crippen molar-refractivity contribution in [2.75, 3.05) is 13.2 Å². The van der Waals surface area contributed by atoms with Crippen molar-refractivity contribution in [2.45, 2.75) is 13.0 Å². The Morgan fingerprint density at radius 1 is 1.22 bits per heavy atom. The highest BCUT2D eigenvalue weighted by atomic mass is 19.1. The highest BCUT2D eigenvalue weighted by molar-refractivity contribution is 5.81. The van der Waals surface area contributed by atoms with Crippen LogP contribution in [-0.2, 0) is 14.3 Å². The Bertz CT molecular complexity index is 656. The molecule has 1 atom stereocenters. The van der Waals surface area contributed by atoms with Crippen molar-refractivity contribution in [1.82, 2.24) is 5.32 Å². The molecule has 0 radical (unpaired) electrons. The van der Waals surface area contributed by atoms with Gasteiger partial charge in [0.15, 0.2) is 24.8 Å². The maximum Gasteiger partial charge on any atom is 0.344 e. The maximum atomic E-state index is 13.3. The predicted octanol–water partition coefficient (Wildman–Crippen LogP) is 2.22. The zero-order chi connectivity index (χ0) is 16.7. The number of esters is 1. The molecule has 0 bridgehead atoms. The van der Waals surface area contributed by atoms with Crippen molar-refractivity contribution in [2.24, 2.45) is 0 Å². The van der Waals surface area contributed by atoms with Gasteiger partial charge in [0, 0.05) is 0 Å². The quantitative estimate of drug-likeness (QED) is 0.791. The summed E-state index contributed by atoms with van der Waals surface area (Å²) in [6, 6.07) is 8.77. The molecule has 23 heavy (non-hydrogen) atoms. The summed E-state index contributed by atoms with van der Waals surface area (Å²) >= 11 is 0. The molecule has 1 heterocycles. The molecule has 1 N–H and O–H groups in total. The second kappa shape index (κ2) is 7.98. The molecule has 0 aliphatic rings. The summed E-state index contributed by atoms with van der Waals surface area (Å²) in [7, 11) is 0. The lowest BCUT2D eigenvalue weighted by atomic mass is 10.2. The minimum Gasteiger partial charge on any atom is -0.479 e. The number of carbonyl (C=O) groups excluding carboxylic acids is 2. The molecule has 1 aromatic carbocycles. The van der Waals surface area contributed by atoms with Gasteiger partial charge >= 0.3 is 5.97 Å². The number of nitrogens with one attached hydrogen (secondary N) is 1. The van der Waals surface area contributed by atoms with Crippen LogP contribution in [0, 0.1) is 5.82 Å².